The van der Waals surface area contributed by atoms with E-state index in [1.165, 1.54) is 11.1 Å². The number of fused-ring (bicyclic) bond motifs is 3. The Balaban J connectivity index is 1.62. The molecule has 3 heteroatoms. The highest BCUT2D eigenvalue weighted by atomic mass is 16.3. The van der Waals surface area contributed by atoms with Crippen molar-refractivity contribution in [2.75, 3.05) is 6.61 Å². The molecule has 1 saturated carbocycles. The van der Waals surface area contributed by atoms with Crippen LogP contribution in [0, 0.1) is 11.8 Å². The van der Waals surface area contributed by atoms with Crippen LogP contribution in [0.1, 0.15) is 43.2 Å². The molecule has 1 fully saturated rings. The Morgan fingerprint density at radius 3 is 3.05 bits per heavy atom. The maximum atomic E-state index is 12.4. The van der Waals surface area contributed by atoms with E-state index in [4.69, 9.17) is 5.11 Å². The molecule has 108 valence electrons. The Kier molecular flexibility index (Phi) is 3.79. The molecule has 1 amide bonds. The number of carbonyl (C=O) groups is 1. The number of rotatable bonds is 5. The first-order valence-corrected chi connectivity index (χ1v) is 7.71. The molecule has 2 aliphatic rings. The Morgan fingerprint density at radius 1 is 1.45 bits per heavy atom. The van der Waals surface area contributed by atoms with E-state index >= 15 is 0 Å². The van der Waals surface area contributed by atoms with E-state index in [1.54, 1.807) is 0 Å². The third kappa shape index (κ3) is 2.47. The van der Waals surface area contributed by atoms with Gasteiger partial charge in [0.05, 0.1) is 0 Å². The summed E-state index contributed by atoms with van der Waals surface area (Å²) in [7, 11) is 0. The van der Waals surface area contributed by atoms with E-state index in [1.807, 2.05) is 6.92 Å². The van der Waals surface area contributed by atoms with Gasteiger partial charge in [-0.2, -0.15) is 0 Å². The molecule has 0 radical (unpaired) electrons. The zero-order chi connectivity index (χ0) is 14.1. The van der Waals surface area contributed by atoms with E-state index in [2.05, 4.69) is 29.6 Å². The third-order valence-electron chi connectivity index (χ3n) is 4.82. The van der Waals surface area contributed by atoms with Crippen molar-refractivity contribution in [3.8, 4) is 0 Å². The summed E-state index contributed by atoms with van der Waals surface area (Å²) in [5.41, 5.74) is 2.82. The normalized spacial score (nSPS) is 28.2. The second-order valence-corrected chi connectivity index (χ2v) is 6.23. The molecule has 4 atom stereocenters. The average Bonchev–Trinajstić information content (AvgIpc) is 3.20. The number of aryl methyl sites for hydroxylation is 1. The molecule has 2 N–H and O–H groups in total. The Hall–Kier alpha value is -1.35. The molecule has 2 aliphatic carbocycles. The smallest absolute Gasteiger partial charge is 0.224 e. The topological polar surface area (TPSA) is 49.3 Å². The molecule has 3 nitrogen and oxygen atoms in total. The van der Waals surface area contributed by atoms with E-state index < -0.39 is 0 Å². The van der Waals surface area contributed by atoms with E-state index in [0.717, 1.165) is 25.7 Å². The molecule has 0 aromatic heterocycles. The summed E-state index contributed by atoms with van der Waals surface area (Å²) in [5.74, 6) is 1.39. The SMILES string of the molecule is CC(CCCO)NC(=O)C1C2CCc3ccccc3C21. The fraction of sp³-hybridized carbons (Fsp3) is 0.588. The second kappa shape index (κ2) is 5.57. The Labute approximate surface area is 120 Å². The molecule has 3 rings (SSSR count). The second-order valence-electron chi connectivity index (χ2n) is 6.23. The zero-order valence-electron chi connectivity index (χ0n) is 12.0. The number of benzene rings is 1. The minimum absolute atomic E-state index is 0.160. The van der Waals surface area contributed by atoms with Gasteiger partial charge >= 0.3 is 0 Å². The van der Waals surface area contributed by atoms with Crippen molar-refractivity contribution in [3.63, 3.8) is 0 Å². The standard InChI is InChI=1S/C17H23NO2/c1-11(5-4-10-19)18-17(20)16-14-9-8-12-6-2-3-7-13(12)15(14)16/h2-3,6-7,11,14-16,19H,4-5,8-10H2,1H3,(H,18,20). The predicted octanol–water partition coefficient (Wildman–Crippen LogP) is 2.24. The van der Waals surface area contributed by atoms with Gasteiger partial charge < -0.3 is 10.4 Å². The molecule has 0 bridgehead atoms. The number of amides is 1. The molecule has 20 heavy (non-hydrogen) atoms. The summed E-state index contributed by atoms with van der Waals surface area (Å²) in [5, 5.41) is 11.9. The van der Waals surface area contributed by atoms with Crippen molar-refractivity contribution in [3.05, 3.63) is 35.4 Å². The highest BCUT2D eigenvalue weighted by Crippen LogP contribution is 2.59. The number of hydrogen-bond acceptors (Lipinski definition) is 2. The van der Waals surface area contributed by atoms with Crippen LogP contribution < -0.4 is 5.32 Å². The molecule has 0 heterocycles. The first-order chi connectivity index (χ1) is 9.72. The largest absolute Gasteiger partial charge is 0.396 e. The van der Waals surface area contributed by atoms with Gasteiger partial charge in [0.1, 0.15) is 0 Å². The number of aliphatic hydroxyl groups excluding tert-OH is 1. The summed E-state index contributed by atoms with van der Waals surface area (Å²) in [6.07, 6.45) is 3.86. The van der Waals surface area contributed by atoms with Crippen molar-refractivity contribution in [1.82, 2.24) is 5.32 Å². The van der Waals surface area contributed by atoms with Gasteiger partial charge in [0.2, 0.25) is 5.91 Å². The van der Waals surface area contributed by atoms with Crippen molar-refractivity contribution in [2.24, 2.45) is 11.8 Å². The summed E-state index contributed by atoms with van der Waals surface area (Å²) in [4.78, 5) is 12.4. The number of hydrogen-bond donors (Lipinski definition) is 2. The van der Waals surface area contributed by atoms with Crippen LogP contribution >= 0.6 is 0 Å². The highest BCUT2D eigenvalue weighted by molar-refractivity contribution is 5.84. The summed E-state index contributed by atoms with van der Waals surface area (Å²) in [6, 6.07) is 8.72. The monoisotopic (exact) mass is 273 g/mol. The fourth-order valence-electron chi connectivity index (χ4n) is 3.73. The number of aliphatic hydroxyl groups is 1. The van der Waals surface area contributed by atoms with Gasteiger partial charge in [-0.25, -0.2) is 0 Å². The maximum absolute atomic E-state index is 12.4. The Bertz CT molecular complexity index is 500. The van der Waals surface area contributed by atoms with Crippen LogP contribution in [0.5, 0.6) is 0 Å². The molecule has 4 unspecified atom stereocenters. The van der Waals surface area contributed by atoms with Crippen LogP contribution in [-0.2, 0) is 11.2 Å². The van der Waals surface area contributed by atoms with Crippen LogP contribution in [0.25, 0.3) is 0 Å². The van der Waals surface area contributed by atoms with Crippen LogP contribution in [0.3, 0.4) is 0 Å². The quantitative estimate of drug-likeness (QED) is 0.864. The predicted molar refractivity (Wildman–Crippen MR) is 78.4 cm³/mol. The number of carbonyl (C=O) groups excluding carboxylic acids is 1. The molecule has 1 aromatic carbocycles. The highest BCUT2D eigenvalue weighted by Gasteiger charge is 2.56. The molecule has 1 aromatic rings. The van der Waals surface area contributed by atoms with Gasteiger partial charge in [0.25, 0.3) is 0 Å². The van der Waals surface area contributed by atoms with Crippen LogP contribution in [0.15, 0.2) is 24.3 Å². The molecular formula is C17H23NO2. The van der Waals surface area contributed by atoms with Gasteiger partial charge in [-0.05, 0) is 55.6 Å². The number of nitrogens with one attached hydrogen (secondary N) is 1. The zero-order valence-corrected chi connectivity index (χ0v) is 12.0. The lowest BCUT2D eigenvalue weighted by molar-refractivity contribution is -0.123. The third-order valence-corrected chi connectivity index (χ3v) is 4.82. The first kappa shape index (κ1) is 13.6. The first-order valence-electron chi connectivity index (χ1n) is 7.71. The van der Waals surface area contributed by atoms with Gasteiger partial charge in [0.15, 0.2) is 0 Å². The van der Waals surface area contributed by atoms with E-state index in [9.17, 15) is 4.79 Å². The minimum Gasteiger partial charge on any atom is -0.396 e. The molecule has 0 aliphatic heterocycles. The van der Waals surface area contributed by atoms with Gasteiger partial charge in [-0.3, -0.25) is 4.79 Å². The van der Waals surface area contributed by atoms with Crippen LogP contribution in [0.2, 0.25) is 0 Å². The van der Waals surface area contributed by atoms with Crippen molar-refractivity contribution in [2.45, 2.75) is 44.6 Å². The molecule has 0 spiro atoms. The Morgan fingerprint density at radius 2 is 2.25 bits per heavy atom. The molecular weight excluding hydrogens is 250 g/mol. The van der Waals surface area contributed by atoms with Gasteiger partial charge in [-0.1, -0.05) is 24.3 Å². The minimum atomic E-state index is 0.160. The van der Waals surface area contributed by atoms with Gasteiger partial charge in [-0.15, -0.1) is 0 Å². The average molecular weight is 273 g/mol. The lowest BCUT2D eigenvalue weighted by Crippen LogP contribution is -2.34. The van der Waals surface area contributed by atoms with E-state index in [0.29, 0.717) is 11.8 Å². The van der Waals surface area contributed by atoms with Crippen LogP contribution in [-0.4, -0.2) is 23.7 Å². The van der Waals surface area contributed by atoms with Crippen molar-refractivity contribution < 1.29 is 9.90 Å². The maximum Gasteiger partial charge on any atom is 0.224 e. The lowest BCUT2D eigenvalue weighted by atomic mass is 9.92. The van der Waals surface area contributed by atoms with Crippen LogP contribution in [0.4, 0.5) is 0 Å². The molecule has 0 saturated heterocycles. The van der Waals surface area contributed by atoms with E-state index in [-0.39, 0.29) is 24.5 Å². The summed E-state index contributed by atoms with van der Waals surface area (Å²) < 4.78 is 0. The van der Waals surface area contributed by atoms with Gasteiger partial charge in [0, 0.05) is 18.6 Å². The summed E-state index contributed by atoms with van der Waals surface area (Å²) >= 11 is 0. The summed E-state index contributed by atoms with van der Waals surface area (Å²) in [6.45, 7) is 2.22. The lowest BCUT2D eigenvalue weighted by Gasteiger charge is -2.13. The van der Waals surface area contributed by atoms with Crippen molar-refractivity contribution in [1.29, 1.82) is 0 Å². The van der Waals surface area contributed by atoms with Crippen molar-refractivity contribution >= 4 is 5.91 Å². The fourth-order valence-corrected chi connectivity index (χ4v) is 3.73.